The molecule has 0 spiro atoms. The number of anilines is 2. The summed E-state index contributed by atoms with van der Waals surface area (Å²) in [6, 6.07) is 1.46. The van der Waals surface area contributed by atoms with Crippen molar-refractivity contribution in [2.24, 2.45) is 0 Å². The van der Waals surface area contributed by atoms with Crippen LogP contribution in [0.15, 0.2) is 23.8 Å². The average molecular weight is 263 g/mol. The second-order valence-corrected chi connectivity index (χ2v) is 4.94. The minimum atomic E-state index is -0.986. The molecule has 6 heteroatoms. The van der Waals surface area contributed by atoms with Crippen LogP contribution in [0.5, 0.6) is 0 Å². The lowest BCUT2D eigenvalue weighted by Crippen LogP contribution is -2.03. The van der Waals surface area contributed by atoms with Crippen LogP contribution in [-0.2, 0) is 0 Å². The number of nitrogens with one attached hydrogen (secondary N) is 1. The number of carbonyl (C=O) groups is 1. The van der Waals surface area contributed by atoms with Crippen LogP contribution in [0.25, 0.3) is 0 Å². The lowest BCUT2D eigenvalue weighted by Gasteiger charge is -2.05. The number of hydrogen-bond acceptors (Lipinski definition) is 5. The molecule has 0 amide bonds. The van der Waals surface area contributed by atoms with Gasteiger partial charge in [0.05, 0.1) is 23.1 Å². The van der Waals surface area contributed by atoms with Crippen molar-refractivity contribution in [3.63, 3.8) is 0 Å². The predicted molar refractivity (Wildman–Crippen MR) is 70.7 cm³/mol. The van der Waals surface area contributed by atoms with Crippen LogP contribution in [0, 0.1) is 0 Å². The van der Waals surface area contributed by atoms with Crippen molar-refractivity contribution in [1.82, 2.24) is 9.97 Å². The molecule has 0 saturated heterocycles. The Bertz CT molecular complexity index is 566. The molecular weight excluding hydrogens is 250 g/mol. The number of carboxylic acids is 1. The van der Waals surface area contributed by atoms with E-state index in [2.05, 4.69) is 29.1 Å². The summed E-state index contributed by atoms with van der Waals surface area (Å²) >= 11 is 1.45. The van der Waals surface area contributed by atoms with Gasteiger partial charge in [-0.3, -0.25) is 4.98 Å². The van der Waals surface area contributed by atoms with Gasteiger partial charge in [0.25, 0.3) is 0 Å². The van der Waals surface area contributed by atoms with Crippen molar-refractivity contribution in [1.29, 1.82) is 0 Å². The molecule has 18 heavy (non-hydrogen) atoms. The van der Waals surface area contributed by atoms with E-state index in [4.69, 9.17) is 5.11 Å². The molecule has 2 N–H and O–H groups in total. The Morgan fingerprint density at radius 2 is 2.28 bits per heavy atom. The first-order valence-corrected chi connectivity index (χ1v) is 6.35. The van der Waals surface area contributed by atoms with Crippen molar-refractivity contribution < 1.29 is 9.90 Å². The van der Waals surface area contributed by atoms with Gasteiger partial charge in [-0.25, -0.2) is 9.78 Å². The lowest BCUT2D eigenvalue weighted by molar-refractivity contribution is 0.0698. The van der Waals surface area contributed by atoms with E-state index >= 15 is 0 Å². The molecule has 2 aromatic rings. The van der Waals surface area contributed by atoms with Crippen LogP contribution < -0.4 is 5.32 Å². The number of nitrogens with zero attached hydrogens (tertiary/aromatic N) is 2. The fourth-order valence-electron chi connectivity index (χ4n) is 1.40. The number of aromatic carboxylic acids is 1. The van der Waals surface area contributed by atoms with Crippen molar-refractivity contribution in [3.05, 3.63) is 35.1 Å². The second kappa shape index (κ2) is 5.14. The molecule has 0 unspecified atom stereocenters. The normalized spacial score (nSPS) is 10.6. The first-order valence-electron chi connectivity index (χ1n) is 5.47. The standard InChI is InChI=1S/C12H13N3O2S/c1-7(2)10-6-18-12(15-10)14-9-5-13-4-3-8(9)11(16)17/h3-7H,1-2H3,(H,14,15)(H,16,17). The molecule has 0 fully saturated rings. The Morgan fingerprint density at radius 3 is 2.89 bits per heavy atom. The maximum atomic E-state index is 11.0. The van der Waals surface area contributed by atoms with Crippen LogP contribution in [0.3, 0.4) is 0 Å². The fraction of sp³-hybridized carbons (Fsp3) is 0.250. The van der Waals surface area contributed by atoms with Gasteiger partial charge in [-0.05, 0) is 12.0 Å². The molecule has 0 aliphatic heterocycles. The van der Waals surface area contributed by atoms with Gasteiger partial charge in [0.1, 0.15) is 0 Å². The molecular formula is C12H13N3O2S. The quantitative estimate of drug-likeness (QED) is 0.886. The van der Waals surface area contributed by atoms with Crippen LogP contribution in [0.4, 0.5) is 10.8 Å². The highest BCUT2D eigenvalue weighted by Crippen LogP contribution is 2.25. The molecule has 0 aliphatic carbocycles. The van der Waals surface area contributed by atoms with E-state index in [1.165, 1.54) is 29.8 Å². The van der Waals surface area contributed by atoms with E-state index in [1.807, 2.05) is 5.38 Å². The molecule has 2 aromatic heterocycles. The van der Waals surface area contributed by atoms with Crippen molar-refractivity contribution in [2.45, 2.75) is 19.8 Å². The number of pyridine rings is 1. The number of carboxylic acid groups (broad SMARTS) is 1. The maximum Gasteiger partial charge on any atom is 0.337 e. The molecule has 2 heterocycles. The van der Waals surface area contributed by atoms with Gasteiger partial charge in [-0.15, -0.1) is 11.3 Å². The molecule has 5 nitrogen and oxygen atoms in total. The highest BCUT2D eigenvalue weighted by molar-refractivity contribution is 7.13. The highest BCUT2D eigenvalue weighted by Gasteiger charge is 2.12. The van der Waals surface area contributed by atoms with Crippen LogP contribution in [-0.4, -0.2) is 21.0 Å². The third-order valence-corrected chi connectivity index (χ3v) is 3.18. The summed E-state index contributed by atoms with van der Waals surface area (Å²) in [7, 11) is 0. The minimum absolute atomic E-state index is 0.186. The lowest BCUT2D eigenvalue weighted by atomic mass is 10.2. The van der Waals surface area contributed by atoms with Crippen LogP contribution >= 0.6 is 11.3 Å². The Morgan fingerprint density at radius 1 is 1.50 bits per heavy atom. The molecule has 0 atom stereocenters. The Hall–Kier alpha value is -1.95. The summed E-state index contributed by atoms with van der Waals surface area (Å²) in [5.41, 5.74) is 1.63. The van der Waals surface area contributed by atoms with E-state index in [-0.39, 0.29) is 5.56 Å². The topological polar surface area (TPSA) is 75.1 Å². The fourth-order valence-corrected chi connectivity index (χ4v) is 2.29. The molecule has 2 rings (SSSR count). The van der Waals surface area contributed by atoms with E-state index in [9.17, 15) is 4.79 Å². The SMILES string of the molecule is CC(C)c1csc(Nc2cnccc2C(=O)O)n1. The van der Waals surface area contributed by atoms with Crippen molar-refractivity contribution in [3.8, 4) is 0 Å². The van der Waals surface area contributed by atoms with Gasteiger partial charge in [0.2, 0.25) is 0 Å². The molecule has 0 bridgehead atoms. The number of hydrogen-bond donors (Lipinski definition) is 2. The molecule has 0 aliphatic rings. The zero-order valence-corrected chi connectivity index (χ0v) is 10.9. The van der Waals surface area contributed by atoms with E-state index in [0.29, 0.717) is 16.7 Å². The Kier molecular flexibility index (Phi) is 3.57. The summed E-state index contributed by atoms with van der Waals surface area (Å²) in [6.45, 7) is 4.12. The number of aromatic nitrogens is 2. The Balaban J connectivity index is 2.25. The molecule has 94 valence electrons. The van der Waals surface area contributed by atoms with E-state index < -0.39 is 5.97 Å². The maximum absolute atomic E-state index is 11.0. The van der Waals surface area contributed by atoms with Gasteiger partial charge >= 0.3 is 5.97 Å². The monoisotopic (exact) mass is 263 g/mol. The molecule has 0 saturated carbocycles. The zero-order valence-electron chi connectivity index (χ0n) is 10.0. The van der Waals surface area contributed by atoms with E-state index in [0.717, 1.165) is 5.69 Å². The third kappa shape index (κ3) is 2.65. The van der Waals surface area contributed by atoms with Crippen molar-refractivity contribution >= 4 is 28.1 Å². The number of thiazole rings is 1. The predicted octanol–water partition coefficient (Wildman–Crippen LogP) is 3.10. The summed E-state index contributed by atoms with van der Waals surface area (Å²) in [5.74, 6) is -0.634. The molecule has 0 radical (unpaired) electrons. The van der Waals surface area contributed by atoms with Gasteiger partial charge < -0.3 is 10.4 Å². The summed E-state index contributed by atoms with van der Waals surface area (Å²) in [6.07, 6.45) is 2.94. The third-order valence-electron chi connectivity index (χ3n) is 2.41. The van der Waals surface area contributed by atoms with Crippen molar-refractivity contribution in [2.75, 3.05) is 5.32 Å². The Labute approximate surface area is 109 Å². The largest absolute Gasteiger partial charge is 0.478 e. The van der Waals surface area contributed by atoms with Gasteiger partial charge in [-0.1, -0.05) is 13.8 Å². The summed E-state index contributed by atoms with van der Waals surface area (Å²) in [4.78, 5) is 19.3. The first kappa shape index (κ1) is 12.5. The summed E-state index contributed by atoms with van der Waals surface area (Å²) < 4.78 is 0. The average Bonchev–Trinajstić information content (AvgIpc) is 2.78. The van der Waals surface area contributed by atoms with E-state index in [1.54, 1.807) is 0 Å². The van der Waals surface area contributed by atoms with Crippen LogP contribution in [0.1, 0.15) is 35.8 Å². The second-order valence-electron chi connectivity index (χ2n) is 4.08. The van der Waals surface area contributed by atoms with Gasteiger partial charge in [0, 0.05) is 11.6 Å². The smallest absolute Gasteiger partial charge is 0.337 e. The summed E-state index contributed by atoms with van der Waals surface area (Å²) in [5, 5.41) is 14.7. The van der Waals surface area contributed by atoms with Gasteiger partial charge in [0.15, 0.2) is 5.13 Å². The minimum Gasteiger partial charge on any atom is -0.478 e. The van der Waals surface area contributed by atoms with Crippen LogP contribution in [0.2, 0.25) is 0 Å². The highest BCUT2D eigenvalue weighted by atomic mass is 32.1. The van der Waals surface area contributed by atoms with Gasteiger partial charge in [-0.2, -0.15) is 0 Å². The zero-order chi connectivity index (χ0) is 13.1. The number of rotatable bonds is 4. The first-order chi connectivity index (χ1) is 8.58. The molecule has 0 aromatic carbocycles.